The maximum absolute atomic E-state index is 12.1. The van der Waals surface area contributed by atoms with Crippen molar-refractivity contribution in [2.75, 3.05) is 18.4 Å². The minimum atomic E-state index is 0.0782. The number of hydrogen-bond acceptors (Lipinski definition) is 3. The number of hydrogen-bond donors (Lipinski definition) is 2. The molecule has 0 radical (unpaired) electrons. The Hall–Kier alpha value is -2.14. The zero-order valence-corrected chi connectivity index (χ0v) is 12.0. The van der Waals surface area contributed by atoms with E-state index in [1.54, 1.807) is 12.5 Å². The maximum Gasteiger partial charge on any atom is 0.224 e. The van der Waals surface area contributed by atoms with Gasteiger partial charge in [-0.2, -0.15) is 0 Å². The molecule has 1 aromatic heterocycles. The van der Waals surface area contributed by atoms with E-state index in [1.165, 1.54) is 6.42 Å². The van der Waals surface area contributed by atoms with Crippen molar-refractivity contribution in [1.29, 1.82) is 0 Å². The summed E-state index contributed by atoms with van der Waals surface area (Å²) in [6.45, 7) is 2.12. The first-order valence-corrected chi connectivity index (χ1v) is 7.41. The van der Waals surface area contributed by atoms with E-state index in [4.69, 9.17) is 0 Å². The Balaban J connectivity index is 1.63. The molecular weight excluding hydrogens is 264 g/mol. The van der Waals surface area contributed by atoms with Crippen LogP contribution in [0.25, 0.3) is 5.69 Å². The summed E-state index contributed by atoms with van der Waals surface area (Å²) in [4.78, 5) is 16.2. The van der Waals surface area contributed by atoms with Crippen molar-refractivity contribution in [1.82, 2.24) is 14.9 Å². The van der Waals surface area contributed by atoms with Gasteiger partial charge < -0.3 is 15.2 Å². The lowest BCUT2D eigenvalue weighted by molar-refractivity contribution is -0.116. The zero-order chi connectivity index (χ0) is 14.5. The number of amides is 1. The van der Waals surface area contributed by atoms with Crippen LogP contribution in [-0.2, 0) is 4.79 Å². The topological polar surface area (TPSA) is 59.0 Å². The van der Waals surface area contributed by atoms with Gasteiger partial charge in [0, 0.05) is 18.8 Å². The zero-order valence-electron chi connectivity index (χ0n) is 12.0. The van der Waals surface area contributed by atoms with Gasteiger partial charge in [-0.25, -0.2) is 4.98 Å². The fourth-order valence-corrected chi connectivity index (χ4v) is 2.71. The van der Waals surface area contributed by atoms with Crippen LogP contribution >= 0.6 is 0 Å². The Morgan fingerprint density at radius 1 is 1.43 bits per heavy atom. The normalized spacial score (nSPS) is 17.8. The molecule has 1 atom stereocenters. The second-order valence-corrected chi connectivity index (χ2v) is 5.43. The number of nitrogens with zero attached hydrogens (tertiary/aromatic N) is 2. The van der Waals surface area contributed by atoms with Crippen LogP contribution in [-0.4, -0.2) is 28.5 Å². The molecule has 1 unspecified atom stereocenters. The average Bonchev–Trinajstić information content (AvgIpc) is 3.19. The number of carbonyl (C=O) groups is 1. The lowest BCUT2D eigenvalue weighted by atomic mass is 10.0. The third-order valence-electron chi connectivity index (χ3n) is 3.90. The van der Waals surface area contributed by atoms with Crippen molar-refractivity contribution < 1.29 is 4.79 Å². The van der Waals surface area contributed by atoms with E-state index in [1.807, 2.05) is 35.0 Å². The summed E-state index contributed by atoms with van der Waals surface area (Å²) in [5.74, 6) is 0.717. The SMILES string of the molecule is O=C(CCC1CCNC1)Nc1ccccc1-n1ccnc1. The van der Waals surface area contributed by atoms with Crippen molar-refractivity contribution in [3.8, 4) is 5.69 Å². The van der Waals surface area contributed by atoms with Crippen LogP contribution in [0.15, 0.2) is 43.0 Å². The molecule has 1 amide bonds. The molecule has 3 rings (SSSR count). The Morgan fingerprint density at radius 3 is 3.10 bits per heavy atom. The summed E-state index contributed by atoms with van der Waals surface area (Å²) < 4.78 is 1.90. The molecule has 5 nitrogen and oxygen atoms in total. The number of rotatable bonds is 5. The van der Waals surface area contributed by atoms with E-state index in [0.717, 1.165) is 30.9 Å². The lowest BCUT2D eigenvalue weighted by Crippen LogP contribution is -2.16. The Morgan fingerprint density at radius 2 is 2.33 bits per heavy atom. The predicted octanol–water partition coefficient (Wildman–Crippen LogP) is 2.20. The monoisotopic (exact) mass is 284 g/mol. The van der Waals surface area contributed by atoms with Gasteiger partial charge in [0.1, 0.15) is 0 Å². The van der Waals surface area contributed by atoms with E-state index in [0.29, 0.717) is 12.3 Å². The summed E-state index contributed by atoms with van der Waals surface area (Å²) >= 11 is 0. The summed E-state index contributed by atoms with van der Waals surface area (Å²) in [5.41, 5.74) is 1.76. The summed E-state index contributed by atoms with van der Waals surface area (Å²) in [6.07, 6.45) is 8.03. The van der Waals surface area contributed by atoms with E-state index in [2.05, 4.69) is 15.6 Å². The second kappa shape index (κ2) is 6.54. The van der Waals surface area contributed by atoms with Crippen molar-refractivity contribution in [3.63, 3.8) is 0 Å². The van der Waals surface area contributed by atoms with Crippen molar-refractivity contribution >= 4 is 11.6 Å². The molecule has 0 spiro atoms. The molecule has 0 bridgehead atoms. The first-order chi connectivity index (χ1) is 10.3. The molecule has 110 valence electrons. The van der Waals surface area contributed by atoms with Gasteiger partial charge in [0.25, 0.3) is 0 Å². The molecular formula is C16H20N4O. The highest BCUT2D eigenvalue weighted by molar-refractivity contribution is 5.92. The number of anilines is 1. The molecule has 5 heteroatoms. The number of para-hydroxylation sites is 2. The van der Waals surface area contributed by atoms with Crippen LogP contribution in [0, 0.1) is 5.92 Å². The van der Waals surface area contributed by atoms with Crippen molar-refractivity contribution in [2.45, 2.75) is 19.3 Å². The fourth-order valence-electron chi connectivity index (χ4n) is 2.71. The first-order valence-electron chi connectivity index (χ1n) is 7.41. The highest BCUT2D eigenvalue weighted by Gasteiger charge is 2.16. The molecule has 1 fully saturated rings. The molecule has 21 heavy (non-hydrogen) atoms. The number of carbonyl (C=O) groups excluding carboxylic acids is 1. The number of nitrogens with one attached hydrogen (secondary N) is 2. The molecule has 0 aliphatic carbocycles. The van der Waals surface area contributed by atoms with Gasteiger partial charge in [-0.15, -0.1) is 0 Å². The fraction of sp³-hybridized carbons (Fsp3) is 0.375. The predicted molar refractivity (Wildman–Crippen MR) is 82.4 cm³/mol. The first kappa shape index (κ1) is 13.8. The minimum Gasteiger partial charge on any atom is -0.324 e. The number of benzene rings is 1. The van der Waals surface area contributed by atoms with E-state index in [9.17, 15) is 4.79 Å². The van der Waals surface area contributed by atoms with Gasteiger partial charge in [-0.05, 0) is 44.0 Å². The summed E-state index contributed by atoms with van der Waals surface area (Å²) in [7, 11) is 0. The highest BCUT2D eigenvalue weighted by Crippen LogP contribution is 2.21. The summed E-state index contributed by atoms with van der Waals surface area (Å²) in [5, 5.41) is 6.35. The standard InChI is InChI=1S/C16H20N4O/c21-16(6-5-13-7-8-17-11-13)19-14-3-1-2-4-15(14)20-10-9-18-12-20/h1-4,9-10,12-13,17H,5-8,11H2,(H,19,21). The number of imidazole rings is 1. The summed E-state index contributed by atoms with van der Waals surface area (Å²) in [6, 6.07) is 7.77. The Bertz CT molecular complexity index is 588. The molecule has 1 saturated heterocycles. The van der Waals surface area contributed by atoms with Crippen molar-refractivity contribution in [3.05, 3.63) is 43.0 Å². The average molecular weight is 284 g/mol. The third kappa shape index (κ3) is 3.49. The quantitative estimate of drug-likeness (QED) is 0.885. The van der Waals surface area contributed by atoms with Crippen LogP contribution in [0.4, 0.5) is 5.69 Å². The van der Waals surface area contributed by atoms with Crippen LogP contribution in [0.3, 0.4) is 0 Å². The van der Waals surface area contributed by atoms with Gasteiger partial charge in [-0.3, -0.25) is 4.79 Å². The maximum atomic E-state index is 12.1. The van der Waals surface area contributed by atoms with E-state index < -0.39 is 0 Å². The molecule has 2 aromatic rings. The Kier molecular flexibility index (Phi) is 4.31. The van der Waals surface area contributed by atoms with E-state index >= 15 is 0 Å². The highest BCUT2D eigenvalue weighted by atomic mass is 16.1. The minimum absolute atomic E-state index is 0.0782. The van der Waals surface area contributed by atoms with Crippen LogP contribution < -0.4 is 10.6 Å². The largest absolute Gasteiger partial charge is 0.324 e. The van der Waals surface area contributed by atoms with Crippen molar-refractivity contribution in [2.24, 2.45) is 5.92 Å². The van der Waals surface area contributed by atoms with Gasteiger partial charge in [0.2, 0.25) is 5.91 Å². The molecule has 1 aliphatic heterocycles. The second-order valence-electron chi connectivity index (χ2n) is 5.43. The third-order valence-corrected chi connectivity index (χ3v) is 3.90. The van der Waals surface area contributed by atoms with Crippen LogP contribution in [0.2, 0.25) is 0 Å². The van der Waals surface area contributed by atoms with Gasteiger partial charge in [0.05, 0.1) is 17.7 Å². The number of aromatic nitrogens is 2. The molecule has 0 saturated carbocycles. The smallest absolute Gasteiger partial charge is 0.224 e. The van der Waals surface area contributed by atoms with Gasteiger partial charge in [-0.1, -0.05) is 12.1 Å². The van der Waals surface area contributed by atoms with Gasteiger partial charge in [0.15, 0.2) is 0 Å². The van der Waals surface area contributed by atoms with E-state index in [-0.39, 0.29) is 5.91 Å². The van der Waals surface area contributed by atoms with Crippen LogP contribution in [0.1, 0.15) is 19.3 Å². The van der Waals surface area contributed by atoms with Gasteiger partial charge >= 0.3 is 0 Å². The lowest BCUT2D eigenvalue weighted by Gasteiger charge is -2.12. The van der Waals surface area contributed by atoms with Crippen LogP contribution in [0.5, 0.6) is 0 Å². The Labute approximate surface area is 124 Å². The molecule has 2 N–H and O–H groups in total. The molecule has 1 aromatic carbocycles. The molecule has 1 aliphatic rings. The molecule has 2 heterocycles.